The van der Waals surface area contributed by atoms with Crippen molar-refractivity contribution in [3.8, 4) is 0 Å². The highest BCUT2D eigenvalue weighted by molar-refractivity contribution is 5.81. The molecule has 1 rings (SSSR count). The summed E-state index contributed by atoms with van der Waals surface area (Å²) in [4.78, 5) is 11.8. The quantitative estimate of drug-likeness (QED) is 0.758. The maximum atomic E-state index is 11.8. The number of ketones is 1. The van der Waals surface area contributed by atoms with Gasteiger partial charge in [-0.1, -0.05) is 13.3 Å². The third-order valence-electron chi connectivity index (χ3n) is 2.80. The number of rotatable bonds is 7. The van der Waals surface area contributed by atoms with Crippen molar-refractivity contribution >= 4 is 5.78 Å². The molecule has 0 saturated carbocycles. The Morgan fingerprint density at radius 1 is 1.62 bits per heavy atom. The molecule has 1 heterocycles. The molecule has 4 nitrogen and oxygen atoms in total. The molecule has 1 aromatic rings. The monoisotopic (exact) mass is 223 g/mol. The van der Waals surface area contributed by atoms with Crippen molar-refractivity contribution in [1.82, 2.24) is 9.78 Å². The van der Waals surface area contributed by atoms with Gasteiger partial charge in [-0.05, 0) is 18.4 Å². The summed E-state index contributed by atoms with van der Waals surface area (Å²) < 4.78 is 1.76. The van der Waals surface area contributed by atoms with Gasteiger partial charge in [0.05, 0.1) is 6.20 Å². The lowest BCUT2D eigenvalue weighted by molar-refractivity contribution is -0.122. The van der Waals surface area contributed by atoms with Gasteiger partial charge in [-0.2, -0.15) is 5.10 Å². The molecule has 0 spiro atoms. The summed E-state index contributed by atoms with van der Waals surface area (Å²) in [6, 6.07) is 0. The van der Waals surface area contributed by atoms with Crippen LogP contribution in [0.4, 0.5) is 0 Å². The van der Waals surface area contributed by atoms with Crippen molar-refractivity contribution in [1.29, 1.82) is 0 Å². The summed E-state index contributed by atoms with van der Waals surface area (Å²) in [6.07, 6.45) is 7.03. The minimum Gasteiger partial charge on any atom is -0.330 e. The Bertz CT molecular complexity index is 333. The molecule has 0 fully saturated rings. The van der Waals surface area contributed by atoms with Gasteiger partial charge in [0.1, 0.15) is 5.78 Å². The predicted octanol–water partition coefficient (Wildman–Crippen LogP) is 1.30. The van der Waals surface area contributed by atoms with Gasteiger partial charge < -0.3 is 5.73 Å². The molecule has 1 aromatic heterocycles. The van der Waals surface area contributed by atoms with E-state index in [1.807, 2.05) is 19.4 Å². The summed E-state index contributed by atoms with van der Waals surface area (Å²) in [5.74, 6) is 0.329. The molecular weight excluding hydrogens is 202 g/mol. The lowest BCUT2D eigenvalue weighted by Crippen LogP contribution is -2.23. The van der Waals surface area contributed by atoms with Crippen LogP contribution in [0.15, 0.2) is 12.4 Å². The molecule has 0 aliphatic heterocycles. The fraction of sp³-hybridized carbons (Fsp3) is 0.667. The van der Waals surface area contributed by atoms with Gasteiger partial charge in [0.2, 0.25) is 0 Å². The molecule has 2 N–H and O–H groups in total. The Morgan fingerprint density at radius 3 is 2.88 bits per heavy atom. The number of nitrogens with two attached hydrogens (primary N) is 1. The first-order valence-electron chi connectivity index (χ1n) is 5.87. The summed E-state index contributed by atoms with van der Waals surface area (Å²) >= 11 is 0. The van der Waals surface area contributed by atoms with Crippen molar-refractivity contribution in [3.05, 3.63) is 18.0 Å². The van der Waals surface area contributed by atoms with Gasteiger partial charge in [-0.25, -0.2) is 0 Å². The SMILES string of the molecule is CCCC(CN)C(=O)CCc1cnn(C)c1. The molecule has 90 valence electrons. The van der Waals surface area contributed by atoms with Crippen LogP contribution >= 0.6 is 0 Å². The van der Waals surface area contributed by atoms with E-state index in [1.54, 1.807) is 4.68 Å². The first-order valence-corrected chi connectivity index (χ1v) is 5.87. The van der Waals surface area contributed by atoms with Gasteiger partial charge in [0, 0.05) is 32.1 Å². The first-order chi connectivity index (χ1) is 7.67. The van der Waals surface area contributed by atoms with Gasteiger partial charge >= 0.3 is 0 Å². The maximum absolute atomic E-state index is 11.8. The first kappa shape index (κ1) is 12.9. The highest BCUT2D eigenvalue weighted by Crippen LogP contribution is 2.11. The van der Waals surface area contributed by atoms with E-state index in [-0.39, 0.29) is 11.7 Å². The van der Waals surface area contributed by atoms with Crippen LogP contribution in [0.1, 0.15) is 31.7 Å². The minimum absolute atomic E-state index is 0.0432. The van der Waals surface area contributed by atoms with Crippen molar-refractivity contribution < 1.29 is 4.79 Å². The average Bonchev–Trinajstić information content (AvgIpc) is 2.68. The highest BCUT2D eigenvalue weighted by Gasteiger charge is 2.15. The van der Waals surface area contributed by atoms with Crippen LogP contribution in [0.3, 0.4) is 0 Å². The average molecular weight is 223 g/mol. The van der Waals surface area contributed by atoms with Crippen molar-refractivity contribution in [2.45, 2.75) is 32.6 Å². The molecule has 0 saturated heterocycles. The van der Waals surface area contributed by atoms with E-state index in [0.29, 0.717) is 13.0 Å². The predicted molar refractivity (Wildman–Crippen MR) is 64.0 cm³/mol. The molecule has 1 unspecified atom stereocenters. The lowest BCUT2D eigenvalue weighted by atomic mass is 9.95. The second-order valence-electron chi connectivity index (χ2n) is 4.21. The number of Topliss-reactive ketones (excluding diaryl/α,β-unsaturated/α-hetero) is 1. The number of aromatic nitrogens is 2. The zero-order valence-corrected chi connectivity index (χ0v) is 10.1. The Balaban J connectivity index is 2.39. The van der Waals surface area contributed by atoms with Crippen LogP contribution in [0.5, 0.6) is 0 Å². The largest absolute Gasteiger partial charge is 0.330 e. The fourth-order valence-electron chi connectivity index (χ4n) is 1.83. The number of nitrogens with zero attached hydrogens (tertiary/aromatic N) is 2. The summed E-state index contributed by atoms with van der Waals surface area (Å²) in [5.41, 5.74) is 6.71. The van der Waals surface area contributed by atoms with E-state index in [9.17, 15) is 4.79 Å². The highest BCUT2D eigenvalue weighted by atomic mass is 16.1. The molecule has 4 heteroatoms. The van der Waals surface area contributed by atoms with Crippen LogP contribution < -0.4 is 5.73 Å². The lowest BCUT2D eigenvalue weighted by Gasteiger charge is -2.11. The van der Waals surface area contributed by atoms with Crippen LogP contribution in [0, 0.1) is 5.92 Å². The summed E-state index contributed by atoms with van der Waals surface area (Å²) in [5, 5.41) is 4.08. The number of aryl methyl sites for hydroxylation is 2. The number of hydrogen-bond donors (Lipinski definition) is 1. The fourth-order valence-corrected chi connectivity index (χ4v) is 1.83. The van der Waals surface area contributed by atoms with Gasteiger partial charge in [0.15, 0.2) is 0 Å². The van der Waals surface area contributed by atoms with Crippen molar-refractivity contribution in [2.24, 2.45) is 18.7 Å². The normalized spacial score (nSPS) is 12.7. The molecule has 1 atom stereocenters. The smallest absolute Gasteiger partial charge is 0.137 e. The van der Waals surface area contributed by atoms with Crippen LogP contribution in [-0.2, 0) is 18.3 Å². The Morgan fingerprint density at radius 2 is 2.38 bits per heavy atom. The molecular formula is C12H21N3O. The van der Waals surface area contributed by atoms with Crippen LogP contribution in [0.25, 0.3) is 0 Å². The number of hydrogen-bond acceptors (Lipinski definition) is 3. The van der Waals surface area contributed by atoms with Gasteiger partial charge in [0.25, 0.3) is 0 Å². The van der Waals surface area contributed by atoms with E-state index in [0.717, 1.165) is 24.8 Å². The minimum atomic E-state index is 0.0432. The van der Waals surface area contributed by atoms with E-state index >= 15 is 0 Å². The molecule has 0 bridgehead atoms. The van der Waals surface area contributed by atoms with Gasteiger partial charge in [-0.15, -0.1) is 0 Å². The Labute approximate surface area is 96.8 Å². The van der Waals surface area contributed by atoms with E-state index in [4.69, 9.17) is 5.73 Å². The molecule has 0 aromatic carbocycles. The molecule has 0 aliphatic rings. The Hall–Kier alpha value is -1.16. The zero-order chi connectivity index (χ0) is 12.0. The maximum Gasteiger partial charge on any atom is 0.137 e. The molecule has 16 heavy (non-hydrogen) atoms. The zero-order valence-electron chi connectivity index (χ0n) is 10.1. The molecule has 0 aliphatic carbocycles. The van der Waals surface area contributed by atoms with E-state index < -0.39 is 0 Å². The third kappa shape index (κ3) is 3.77. The van der Waals surface area contributed by atoms with Crippen molar-refractivity contribution in [3.63, 3.8) is 0 Å². The number of carbonyl (C=O) groups is 1. The number of carbonyl (C=O) groups excluding carboxylic acids is 1. The standard InChI is InChI=1S/C12H21N3O/c1-3-4-11(7-13)12(16)6-5-10-8-14-15(2)9-10/h8-9,11H,3-7,13H2,1-2H3. The summed E-state index contributed by atoms with van der Waals surface area (Å²) in [7, 11) is 1.88. The van der Waals surface area contributed by atoms with Crippen LogP contribution in [0.2, 0.25) is 0 Å². The molecule has 0 radical (unpaired) electrons. The Kier molecular flexibility index (Phi) is 5.19. The second-order valence-corrected chi connectivity index (χ2v) is 4.21. The van der Waals surface area contributed by atoms with Crippen LogP contribution in [-0.4, -0.2) is 22.1 Å². The van der Waals surface area contributed by atoms with Crippen molar-refractivity contribution in [2.75, 3.05) is 6.54 Å². The summed E-state index contributed by atoms with van der Waals surface area (Å²) in [6.45, 7) is 2.55. The van der Waals surface area contributed by atoms with E-state index in [2.05, 4.69) is 12.0 Å². The molecule has 0 amide bonds. The van der Waals surface area contributed by atoms with Gasteiger partial charge in [-0.3, -0.25) is 9.48 Å². The second kappa shape index (κ2) is 6.43. The van der Waals surface area contributed by atoms with E-state index in [1.165, 1.54) is 0 Å². The topological polar surface area (TPSA) is 60.9 Å². The third-order valence-corrected chi connectivity index (χ3v) is 2.80.